The molecule has 0 aliphatic heterocycles. The molecule has 9 heavy (non-hydrogen) atoms. The van der Waals surface area contributed by atoms with Crippen LogP contribution in [-0.4, -0.2) is 63.4 Å². The van der Waals surface area contributed by atoms with Gasteiger partial charge in [-0.3, -0.25) is 0 Å². The van der Waals surface area contributed by atoms with Gasteiger partial charge in [0.2, 0.25) is 0 Å². The van der Waals surface area contributed by atoms with E-state index in [-0.39, 0.29) is 65.8 Å². The normalized spacial score (nSPS) is 6.56. The maximum Gasteiger partial charge on any atom is 0 e. The molecule has 0 aliphatic carbocycles. The molecule has 0 aliphatic rings. The Morgan fingerprint density at radius 3 is 1.00 bits per heavy atom. The maximum absolute atomic E-state index is 8.88. The molecule has 0 aromatic rings. The summed E-state index contributed by atoms with van der Waals surface area (Å²) in [5, 5.41) is 0. The van der Waals surface area contributed by atoms with Crippen molar-refractivity contribution in [3.8, 4) is 0 Å². The fourth-order valence-electron chi connectivity index (χ4n) is 0. The summed E-state index contributed by atoms with van der Waals surface area (Å²) in [4.78, 5) is 21.6. The van der Waals surface area contributed by atoms with E-state index in [9.17, 15) is 0 Å². The first kappa shape index (κ1) is 30.8. The van der Waals surface area contributed by atoms with E-state index in [4.69, 9.17) is 19.2 Å². The molecule has 9 heteroatoms. The first-order valence-electron chi connectivity index (χ1n) is 0.783. The van der Waals surface area contributed by atoms with Gasteiger partial charge < -0.3 is 25.6 Å². The molecular formula is H9CaFeO6P. The summed E-state index contributed by atoms with van der Waals surface area (Å²) < 4.78 is 8.88. The van der Waals surface area contributed by atoms with Gasteiger partial charge in [-0.25, -0.2) is 4.57 Å². The van der Waals surface area contributed by atoms with Gasteiger partial charge in [0, 0.05) is 17.1 Å². The molecule has 0 fully saturated rings. The molecule has 0 saturated carbocycles. The van der Waals surface area contributed by atoms with Crippen LogP contribution in [0.1, 0.15) is 0 Å². The second-order valence-electron chi connectivity index (χ2n) is 0.513. The Hall–Kier alpha value is 1.81. The summed E-state index contributed by atoms with van der Waals surface area (Å²) in [6, 6.07) is 0. The standard InChI is InChI=1S/Ca.Fe.H3O4P.2H2O.2H/c;;1-5(2,3)4;;;;/h;;(H3,1,2,3,4);2*1H2;;. The Morgan fingerprint density at radius 1 is 1.00 bits per heavy atom. The molecule has 0 saturated heterocycles. The first-order valence-corrected chi connectivity index (χ1v) is 2.35. The van der Waals surface area contributed by atoms with E-state index in [2.05, 4.69) is 0 Å². The van der Waals surface area contributed by atoms with E-state index in [1.165, 1.54) is 0 Å². The summed E-state index contributed by atoms with van der Waals surface area (Å²) in [7, 11) is -4.64. The van der Waals surface area contributed by atoms with Crippen LogP contribution in [0.5, 0.6) is 0 Å². The monoisotopic (exact) mass is 232 g/mol. The van der Waals surface area contributed by atoms with Crippen LogP contribution in [0, 0.1) is 0 Å². The van der Waals surface area contributed by atoms with E-state index in [0.29, 0.717) is 0 Å². The summed E-state index contributed by atoms with van der Waals surface area (Å²) in [6.07, 6.45) is 0. The van der Waals surface area contributed by atoms with Gasteiger partial charge in [-0.1, -0.05) is 0 Å². The van der Waals surface area contributed by atoms with Gasteiger partial charge in [0.1, 0.15) is 0 Å². The van der Waals surface area contributed by atoms with Crippen LogP contribution >= 0.6 is 7.82 Å². The van der Waals surface area contributed by atoms with E-state index in [0.717, 1.165) is 0 Å². The van der Waals surface area contributed by atoms with E-state index in [1.807, 2.05) is 0 Å². The minimum absolute atomic E-state index is 0. The largest absolute Gasteiger partial charge is 0 e. The second-order valence-corrected chi connectivity index (χ2v) is 1.54. The molecule has 0 aromatic heterocycles. The molecule has 0 aromatic carbocycles. The fourth-order valence-corrected chi connectivity index (χ4v) is 0. The number of phosphoric acid groups is 1. The van der Waals surface area contributed by atoms with Gasteiger partial charge >= 0.3 is 45.6 Å². The summed E-state index contributed by atoms with van der Waals surface area (Å²) in [5.41, 5.74) is 0. The average Bonchev–Trinajstić information content (AvgIpc) is 0.722. The van der Waals surface area contributed by atoms with Crippen LogP contribution in [0.3, 0.4) is 0 Å². The Kier molecular flexibility index (Phi) is 42.7. The minimum atomic E-state index is -4.64. The van der Waals surface area contributed by atoms with Gasteiger partial charge in [0.25, 0.3) is 0 Å². The van der Waals surface area contributed by atoms with E-state index in [1.54, 1.807) is 0 Å². The summed E-state index contributed by atoms with van der Waals surface area (Å²) in [6.45, 7) is 0. The van der Waals surface area contributed by atoms with Crippen molar-refractivity contribution in [1.29, 1.82) is 0 Å². The minimum Gasteiger partial charge on any atom is 0 e. The number of hydrogen-bond acceptors (Lipinski definition) is 1. The molecule has 0 radical (unpaired) electrons. The van der Waals surface area contributed by atoms with Crippen LogP contribution in [0.25, 0.3) is 0 Å². The van der Waals surface area contributed by atoms with Crippen LogP contribution in [0.15, 0.2) is 0 Å². The smallest absolute Gasteiger partial charge is 0 e. The quantitative estimate of drug-likeness (QED) is 0.294. The first-order chi connectivity index (χ1) is 2.00. The molecule has 6 nitrogen and oxygen atoms in total. The van der Waals surface area contributed by atoms with Gasteiger partial charge in [0.05, 0.1) is 0 Å². The molecule has 0 heterocycles. The number of hydrogen-bond donors (Lipinski definition) is 3. The molecule has 7 N–H and O–H groups in total. The maximum atomic E-state index is 8.88. The van der Waals surface area contributed by atoms with Gasteiger partial charge in [-0.05, 0) is 0 Å². The second kappa shape index (κ2) is 12.5. The SMILES string of the molecule is O.O.O=P(O)(O)O.[CaH2].[Fe]. The Balaban J connectivity index is -0.0000000133. The Morgan fingerprint density at radius 2 is 1.00 bits per heavy atom. The van der Waals surface area contributed by atoms with Crippen molar-refractivity contribution in [3.05, 3.63) is 0 Å². The Labute approximate surface area is 92.0 Å². The predicted molar refractivity (Wildman–Crippen MR) is 30.0 cm³/mol. The van der Waals surface area contributed by atoms with Crippen molar-refractivity contribution < 1.29 is 47.3 Å². The van der Waals surface area contributed by atoms with Crippen LogP contribution in [0.4, 0.5) is 0 Å². The van der Waals surface area contributed by atoms with Crippen LogP contribution in [0.2, 0.25) is 0 Å². The van der Waals surface area contributed by atoms with Crippen molar-refractivity contribution in [2.75, 3.05) is 0 Å². The van der Waals surface area contributed by atoms with Crippen molar-refractivity contribution >= 4 is 45.6 Å². The van der Waals surface area contributed by atoms with Gasteiger partial charge in [0.15, 0.2) is 0 Å². The predicted octanol–water partition coefficient (Wildman–Crippen LogP) is -3.50. The third-order valence-electron chi connectivity index (χ3n) is 0. The van der Waals surface area contributed by atoms with Crippen LogP contribution in [-0.2, 0) is 21.6 Å². The van der Waals surface area contributed by atoms with Gasteiger partial charge in [-0.2, -0.15) is 0 Å². The number of rotatable bonds is 0. The molecule has 0 rings (SSSR count). The zero-order valence-electron chi connectivity index (χ0n) is 3.55. The topological polar surface area (TPSA) is 141 Å². The zero-order valence-corrected chi connectivity index (χ0v) is 5.55. The van der Waals surface area contributed by atoms with Crippen molar-refractivity contribution in [2.24, 2.45) is 0 Å². The third-order valence-corrected chi connectivity index (χ3v) is 0. The molecule has 0 unspecified atom stereocenters. The third kappa shape index (κ3) is 183. The van der Waals surface area contributed by atoms with Crippen molar-refractivity contribution in [1.82, 2.24) is 0 Å². The molecule has 0 spiro atoms. The van der Waals surface area contributed by atoms with Crippen molar-refractivity contribution in [2.45, 2.75) is 0 Å². The van der Waals surface area contributed by atoms with Crippen LogP contribution < -0.4 is 0 Å². The van der Waals surface area contributed by atoms with Crippen molar-refractivity contribution in [3.63, 3.8) is 0 Å². The zero-order chi connectivity index (χ0) is 4.50. The molecule has 0 atom stereocenters. The fraction of sp³-hybridized carbons (Fsp3) is 0. The Bertz CT molecular complexity index is 59.2. The van der Waals surface area contributed by atoms with E-state index < -0.39 is 7.82 Å². The molecule has 60 valence electrons. The summed E-state index contributed by atoms with van der Waals surface area (Å²) >= 11 is 0. The molecular weight excluding hydrogens is 223 g/mol. The van der Waals surface area contributed by atoms with Gasteiger partial charge in [-0.15, -0.1) is 0 Å². The molecule has 0 bridgehead atoms. The molecule has 0 amide bonds. The van der Waals surface area contributed by atoms with E-state index >= 15 is 0 Å². The summed E-state index contributed by atoms with van der Waals surface area (Å²) in [5.74, 6) is 0. The average molecular weight is 232 g/mol.